The van der Waals surface area contributed by atoms with E-state index in [0.717, 1.165) is 18.0 Å². The van der Waals surface area contributed by atoms with Crippen LogP contribution in [0, 0.1) is 5.82 Å². The average Bonchev–Trinajstić information content (AvgIpc) is 3.25. The van der Waals surface area contributed by atoms with Gasteiger partial charge in [-0.05, 0) is 18.9 Å². The minimum Gasteiger partial charge on any atom is -0.341 e. The van der Waals surface area contributed by atoms with Crippen LogP contribution in [0.2, 0.25) is 0 Å². The van der Waals surface area contributed by atoms with Gasteiger partial charge in [0.05, 0.1) is 5.75 Å². The number of halogens is 1. The first-order valence-corrected chi connectivity index (χ1v) is 8.13. The summed E-state index contributed by atoms with van der Waals surface area (Å²) in [6.07, 6.45) is 4.01. The highest BCUT2D eigenvalue weighted by Crippen LogP contribution is 2.37. The summed E-state index contributed by atoms with van der Waals surface area (Å²) >= 11 is 1.38. The highest BCUT2D eigenvalue weighted by atomic mass is 32.2. The van der Waals surface area contributed by atoms with Gasteiger partial charge in [0, 0.05) is 25.2 Å². The van der Waals surface area contributed by atoms with Gasteiger partial charge in [0.2, 0.25) is 5.91 Å². The summed E-state index contributed by atoms with van der Waals surface area (Å²) in [6.45, 7) is 0.265. The fourth-order valence-electron chi connectivity index (χ4n) is 2.15. The number of carbonyl (C=O) groups is 1. The lowest BCUT2D eigenvalue weighted by molar-refractivity contribution is -0.127. The fraction of sp³-hybridized carbons (Fsp3) is 0.400. The molecule has 1 heterocycles. The maximum Gasteiger partial charge on any atom is 0.233 e. The second-order valence-corrected chi connectivity index (χ2v) is 6.32. The predicted molar refractivity (Wildman–Crippen MR) is 81.9 cm³/mol. The Morgan fingerprint density at radius 3 is 2.95 bits per heavy atom. The quantitative estimate of drug-likeness (QED) is 0.768. The first kappa shape index (κ1) is 15.0. The molecule has 1 aromatic carbocycles. The molecule has 0 atom stereocenters. The summed E-state index contributed by atoms with van der Waals surface area (Å²) in [7, 11) is 1.68. The largest absolute Gasteiger partial charge is 0.341 e. The second kappa shape index (κ2) is 6.48. The van der Waals surface area contributed by atoms with Crippen molar-refractivity contribution in [1.82, 2.24) is 19.7 Å². The summed E-state index contributed by atoms with van der Waals surface area (Å²) in [6, 6.07) is 6.99. The number of aromatic nitrogens is 3. The molecule has 3 rings (SSSR count). The monoisotopic (exact) mass is 320 g/mol. The second-order valence-electron chi connectivity index (χ2n) is 5.38. The van der Waals surface area contributed by atoms with E-state index < -0.39 is 0 Å². The number of benzene rings is 1. The van der Waals surface area contributed by atoms with Gasteiger partial charge in [0.15, 0.2) is 5.16 Å². The van der Waals surface area contributed by atoms with Crippen LogP contribution in [0.1, 0.15) is 24.4 Å². The highest BCUT2D eigenvalue weighted by Gasteiger charge is 2.26. The van der Waals surface area contributed by atoms with Crippen molar-refractivity contribution in [3.63, 3.8) is 0 Å². The Balaban J connectivity index is 1.55. The van der Waals surface area contributed by atoms with Gasteiger partial charge in [0.25, 0.3) is 0 Å². The van der Waals surface area contributed by atoms with Gasteiger partial charge < -0.3 is 9.47 Å². The molecule has 2 aromatic rings. The number of thioether (sulfide) groups is 1. The molecule has 0 radical (unpaired) electrons. The van der Waals surface area contributed by atoms with Gasteiger partial charge in [-0.1, -0.05) is 30.0 Å². The van der Waals surface area contributed by atoms with Crippen molar-refractivity contribution in [2.45, 2.75) is 30.6 Å². The van der Waals surface area contributed by atoms with Gasteiger partial charge in [0.1, 0.15) is 12.1 Å². The molecule has 1 fully saturated rings. The van der Waals surface area contributed by atoms with Gasteiger partial charge in [-0.3, -0.25) is 4.79 Å². The van der Waals surface area contributed by atoms with Crippen molar-refractivity contribution >= 4 is 17.7 Å². The zero-order valence-electron chi connectivity index (χ0n) is 12.3. The average molecular weight is 320 g/mol. The number of carbonyl (C=O) groups excluding carboxylic acids is 1. The van der Waals surface area contributed by atoms with Crippen LogP contribution in [0.5, 0.6) is 0 Å². The molecule has 116 valence electrons. The van der Waals surface area contributed by atoms with E-state index in [0.29, 0.717) is 11.6 Å². The molecule has 0 aliphatic heterocycles. The molecule has 7 heteroatoms. The number of rotatable bonds is 6. The summed E-state index contributed by atoms with van der Waals surface area (Å²) in [5.41, 5.74) is 0.518. The number of nitrogens with zero attached hydrogens (tertiary/aromatic N) is 4. The van der Waals surface area contributed by atoms with Crippen molar-refractivity contribution < 1.29 is 9.18 Å². The van der Waals surface area contributed by atoms with Crippen LogP contribution in [0.15, 0.2) is 35.7 Å². The third kappa shape index (κ3) is 3.47. The molecule has 0 unspecified atom stereocenters. The Hall–Kier alpha value is -1.89. The van der Waals surface area contributed by atoms with Crippen LogP contribution in [0.25, 0.3) is 0 Å². The zero-order chi connectivity index (χ0) is 15.5. The zero-order valence-corrected chi connectivity index (χ0v) is 13.1. The Bertz CT molecular complexity index is 671. The normalized spacial score (nSPS) is 14.1. The summed E-state index contributed by atoms with van der Waals surface area (Å²) in [5, 5.41) is 8.73. The lowest BCUT2D eigenvalue weighted by atomic mass is 10.2. The highest BCUT2D eigenvalue weighted by molar-refractivity contribution is 7.99. The predicted octanol–water partition coefficient (Wildman–Crippen LogP) is 2.50. The van der Waals surface area contributed by atoms with E-state index in [4.69, 9.17) is 0 Å². The van der Waals surface area contributed by atoms with Crippen molar-refractivity contribution in [1.29, 1.82) is 0 Å². The molecule has 1 aliphatic rings. The first-order valence-electron chi connectivity index (χ1n) is 7.15. The molecule has 1 aliphatic carbocycles. The van der Waals surface area contributed by atoms with Gasteiger partial charge >= 0.3 is 0 Å². The molecule has 0 spiro atoms. The molecular formula is C15H17FN4OS. The first-order chi connectivity index (χ1) is 10.6. The Labute approximate surface area is 132 Å². The van der Waals surface area contributed by atoms with Crippen LogP contribution in [0.4, 0.5) is 4.39 Å². The molecule has 1 amide bonds. The van der Waals surface area contributed by atoms with Gasteiger partial charge in [-0.2, -0.15) is 0 Å². The summed E-state index contributed by atoms with van der Waals surface area (Å²) < 4.78 is 15.6. The molecule has 0 N–H and O–H groups in total. The van der Waals surface area contributed by atoms with Crippen LogP contribution in [-0.2, 0) is 11.3 Å². The number of amides is 1. The van der Waals surface area contributed by atoms with Crippen LogP contribution in [0.3, 0.4) is 0 Å². The SMILES string of the molecule is CN(Cc1ccccc1F)C(=O)CSc1nncn1C1CC1. The Morgan fingerprint density at radius 2 is 2.23 bits per heavy atom. The maximum absolute atomic E-state index is 13.6. The molecule has 5 nitrogen and oxygen atoms in total. The lowest BCUT2D eigenvalue weighted by Crippen LogP contribution is -2.28. The smallest absolute Gasteiger partial charge is 0.233 e. The van der Waals surface area contributed by atoms with Crippen molar-refractivity contribution in [3.05, 3.63) is 42.0 Å². The van der Waals surface area contributed by atoms with E-state index in [-0.39, 0.29) is 24.0 Å². The maximum atomic E-state index is 13.6. The summed E-state index contributed by atoms with van der Waals surface area (Å²) in [4.78, 5) is 13.7. The van der Waals surface area contributed by atoms with E-state index in [1.807, 2.05) is 4.57 Å². The molecule has 0 saturated heterocycles. The molecule has 0 bridgehead atoms. The third-order valence-corrected chi connectivity index (χ3v) is 4.54. The molecular weight excluding hydrogens is 303 g/mol. The van der Waals surface area contributed by atoms with Gasteiger partial charge in [-0.25, -0.2) is 4.39 Å². The van der Waals surface area contributed by atoms with Crippen LogP contribution < -0.4 is 0 Å². The van der Waals surface area contributed by atoms with Crippen molar-refractivity contribution in [2.75, 3.05) is 12.8 Å². The van der Waals surface area contributed by atoms with E-state index in [1.54, 1.807) is 31.6 Å². The van der Waals surface area contributed by atoms with E-state index in [9.17, 15) is 9.18 Å². The van der Waals surface area contributed by atoms with E-state index in [2.05, 4.69) is 10.2 Å². The van der Waals surface area contributed by atoms with Crippen molar-refractivity contribution in [2.24, 2.45) is 0 Å². The number of hydrogen-bond donors (Lipinski definition) is 0. The Morgan fingerprint density at radius 1 is 1.45 bits per heavy atom. The molecule has 1 saturated carbocycles. The third-order valence-electron chi connectivity index (χ3n) is 3.60. The van der Waals surface area contributed by atoms with Gasteiger partial charge in [-0.15, -0.1) is 10.2 Å². The minimum atomic E-state index is -0.289. The number of hydrogen-bond acceptors (Lipinski definition) is 4. The van der Waals surface area contributed by atoms with Crippen LogP contribution in [-0.4, -0.2) is 38.4 Å². The minimum absolute atomic E-state index is 0.0569. The van der Waals surface area contributed by atoms with E-state index >= 15 is 0 Å². The Kier molecular flexibility index (Phi) is 4.42. The lowest BCUT2D eigenvalue weighted by Gasteiger charge is -2.17. The fourth-order valence-corrected chi connectivity index (χ4v) is 3.07. The summed E-state index contributed by atoms with van der Waals surface area (Å²) in [5.74, 6) is -0.0713. The van der Waals surface area contributed by atoms with Crippen molar-refractivity contribution in [3.8, 4) is 0 Å². The van der Waals surface area contributed by atoms with E-state index in [1.165, 1.54) is 22.7 Å². The molecule has 1 aromatic heterocycles. The van der Waals surface area contributed by atoms with Crippen LogP contribution >= 0.6 is 11.8 Å². The topological polar surface area (TPSA) is 51.0 Å². The standard InChI is InChI=1S/C15H17FN4OS/c1-19(8-11-4-2-3-5-13(11)16)14(21)9-22-15-18-17-10-20(15)12-6-7-12/h2-5,10,12H,6-9H2,1H3. The molecule has 22 heavy (non-hydrogen) atoms.